The lowest BCUT2D eigenvalue weighted by molar-refractivity contribution is 0.838. The van der Waals surface area contributed by atoms with Gasteiger partial charge < -0.3 is 5.73 Å². The Labute approximate surface area is 72.6 Å². The van der Waals surface area contributed by atoms with E-state index < -0.39 is 0 Å². The second kappa shape index (κ2) is 3.00. The van der Waals surface area contributed by atoms with Crippen LogP contribution in [0, 0.1) is 11.8 Å². The van der Waals surface area contributed by atoms with Crippen LogP contribution in [0.2, 0.25) is 0 Å². The van der Waals surface area contributed by atoms with Crippen LogP contribution in [0.15, 0.2) is 18.2 Å². The summed E-state index contributed by atoms with van der Waals surface area (Å²) in [6, 6.07) is 6.40. The molecule has 0 saturated heterocycles. The molecule has 1 heteroatoms. The van der Waals surface area contributed by atoms with Crippen molar-refractivity contribution in [3.8, 4) is 11.8 Å². The fraction of sp³-hybridized carbons (Fsp3) is 0.273. The normalized spacial score (nSPS) is 12.4. The van der Waals surface area contributed by atoms with Crippen molar-refractivity contribution in [2.45, 2.75) is 12.8 Å². The molecule has 0 bridgehead atoms. The van der Waals surface area contributed by atoms with Crippen molar-refractivity contribution in [2.24, 2.45) is 5.73 Å². The fourth-order valence-electron chi connectivity index (χ4n) is 1.43. The second-order valence-electron chi connectivity index (χ2n) is 2.99. The first kappa shape index (κ1) is 7.39. The third-order valence-corrected chi connectivity index (χ3v) is 2.20. The van der Waals surface area contributed by atoms with Gasteiger partial charge in [0.2, 0.25) is 0 Å². The summed E-state index contributed by atoms with van der Waals surface area (Å²) in [5.74, 6) is 5.88. The van der Waals surface area contributed by atoms with Gasteiger partial charge in [0.1, 0.15) is 0 Å². The third kappa shape index (κ3) is 1.22. The van der Waals surface area contributed by atoms with Gasteiger partial charge in [0, 0.05) is 5.56 Å². The molecule has 0 radical (unpaired) electrons. The lowest BCUT2D eigenvalue weighted by atomic mass is 9.87. The molecule has 60 valence electrons. The average molecular weight is 157 g/mol. The van der Waals surface area contributed by atoms with Gasteiger partial charge >= 0.3 is 0 Å². The molecule has 0 heterocycles. The zero-order valence-electron chi connectivity index (χ0n) is 6.93. The van der Waals surface area contributed by atoms with Crippen molar-refractivity contribution in [1.82, 2.24) is 0 Å². The van der Waals surface area contributed by atoms with Gasteiger partial charge in [-0.05, 0) is 36.1 Å². The SMILES string of the molecule is NCC#Cc1ccc2c(c1)CC2. The Morgan fingerprint density at radius 2 is 2.08 bits per heavy atom. The van der Waals surface area contributed by atoms with Gasteiger partial charge in [-0.2, -0.15) is 0 Å². The Morgan fingerprint density at radius 1 is 1.25 bits per heavy atom. The monoisotopic (exact) mass is 157 g/mol. The summed E-state index contributed by atoms with van der Waals surface area (Å²) in [5, 5.41) is 0. The zero-order chi connectivity index (χ0) is 8.39. The highest BCUT2D eigenvalue weighted by Gasteiger charge is 2.11. The van der Waals surface area contributed by atoms with Crippen LogP contribution in [0.1, 0.15) is 16.7 Å². The summed E-state index contributed by atoms with van der Waals surface area (Å²) in [5.41, 5.74) is 9.32. The van der Waals surface area contributed by atoms with Crippen molar-refractivity contribution < 1.29 is 0 Å². The molecule has 0 atom stereocenters. The van der Waals surface area contributed by atoms with E-state index >= 15 is 0 Å². The maximum Gasteiger partial charge on any atom is 0.0555 e. The molecular weight excluding hydrogens is 146 g/mol. The Bertz CT molecular complexity index is 355. The minimum absolute atomic E-state index is 0.442. The van der Waals surface area contributed by atoms with E-state index in [9.17, 15) is 0 Å². The Kier molecular flexibility index (Phi) is 1.85. The predicted octanol–water partition coefficient (Wildman–Crippen LogP) is 1.10. The number of hydrogen-bond acceptors (Lipinski definition) is 1. The summed E-state index contributed by atoms with van der Waals surface area (Å²) in [6.07, 6.45) is 2.45. The lowest BCUT2D eigenvalue weighted by Crippen LogP contribution is -2.07. The molecule has 0 amide bonds. The molecule has 1 aliphatic carbocycles. The topological polar surface area (TPSA) is 26.0 Å². The quantitative estimate of drug-likeness (QED) is 0.561. The summed E-state index contributed by atoms with van der Waals surface area (Å²) in [6.45, 7) is 0.442. The first-order chi connectivity index (χ1) is 5.90. The maximum absolute atomic E-state index is 5.28. The third-order valence-electron chi connectivity index (χ3n) is 2.20. The average Bonchev–Trinajstić information content (AvgIpc) is 2.05. The summed E-state index contributed by atoms with van der Waals surface area (Å²) < 4.78 is 0. The number of fused-ring (bicyclic) bond motifs is 1. The number of nitrogens with two attached hydrogens (primary N) is 1. The van der Waals surface area contributed by atoms with E-state index in [4.69, 9.17) is 5.73 Å². The van der Waals surface area contributed by atoms with Gasteiger partial charge in [0.15, 0.2) is 0 Å². The zero-order valence-corrected chi connectivity index (χ0v) is 6.93. The highest BCUT2D eigenvalue weighted by atomic mass is 14.5. The molecule has 2 rings (SSSR count). The number of aryl methyl sites for hydroxylation is 2. The Hall–Kier alpha value is -1.26. The smallest absolute Gasteiger partial charge is 0.0555 e. The van der Waals surface area contributed by atoms with Crippen LogP contribution in [0.25, 0.3) is 0 Å². The molecule has 0 aromatic heterocycles. The van der Waals surface area contributed by atoms with E-state index in [2.05, 4.69) is 30.0 Å². The van der Waals surface area contributed by atoms with Crippen LogP contribution in [-0.4, -0.2) is 6.54 Å². The largest absolute Gasteiger partial charge is 0.320 e. The molecule has 0 fully saturated rings. The van der Waals surface area contributed by atoms with E-state index in [1.165, 1.54) is 24.0 Å². The summed E-state index contributed by atoms with van der Waals surface area (Å²) >= 11 is 0. The van der Waals surface area contributed by atoms with Gasteiger partial charge in [0.25, 0.3) is 0 Å². The standard InChI is InChI=1S/C11H11N/c12-7-1-2-9-3-4-10-5-6-11(10)8-9/h3-4,8H,5-7,12H2. The first-order valence-electron chi connectivity index (χ1n) is 4.21. The highest BCUT2D eigenvalue weighted by molar-refractivity contribution is 5.44. The second-order valence-corrected chi connectivity index (χ2v) is 2.99. The lowest BCUT2D eigenvalue weighted by Gasteiger charge is -2.17. The highest BCUT2D eigenvalue weighted by Crippen LogP contribution is 2.23. The van der Waals surface area contributed by atoms with Crippen LogP contribution < -0.4 is 5.73 Å². The van der Waals surface area contributed by atoms with Gasteiger partial charge in [0.05, 0.1) is 6.54 Å². The Morgan fingerprint density at radius 3 is 2.67 bits per heavy atom. The molecule has 1 nitrogen and oxygen atoms in total. The van der Waals surface area contributed by atoms with Crippen molar-refractivity contribution in [2.75, 3.05) is 6.54 Å². The van der Waals surface area contributed by atoms with Gasteiger partial charge in [-0.1, -0.05) is 17.9 Å². The predicted molar refractivity (Wildman–Crippen MR) is 49.8 cm³/mol. The van der Waals surface area contributed by atoms with E-state index in [0.29, 0.717) is 6.54 Å². The van der Waals surface area contributed by atoms with Crippen molar-refractivity contribution in [3.05, 3.63) is 34.9 Å². The summed E-state index contributed by atoms with van der Waals surface area (Å²) in [4.78, 5) is 0. The first-order valence-corrected chi connectivity index (χ1v) is 4.21. The molecule has 1 aromatic rings. The molecule has 0 unspecified atom stereocenters. The molecular formula is C11H11N. The minimum atomic E-state index is 0.442. The molecule has 0 saturated carbocycles. The molecule has 0 spiro atoms. The maximum atomic E-state index is 5.28. The van der Waals surface area contributed by atoms with E-state index in [1.54, 1.807) is 0 Å². The van der Waals surface area contributed by atoms with E-state index in [1.807, 2.05) is 0 Å². The van der Waals surface area contributed by atoms with Crippen LogP contribution >= 0.6 is 0 Å². The van der Waals surface area contributed by atoms with Crippen LogP contribution in [0.4, 0.5) is 0 Å². The van der Waals surface area contributed by atoms with Crippen LogP contribution in [0.3, 0.4) is 0 Å². The van der Waals surface area contributed by atoms with Gasteiger partial charge in [-0.25, -0.2) is 0 Å². The van der Waals surface area contributed by atoms with E-state index in [-0.39, 0.29) is 0 Å². The molecule has 0 aliphatic heterocycles. The Balaban J connectivity index is 2.29. The fourth-order valence-corrected chi connectivity index (χ4v) is 1.43. The number of rotatable bonds is 0. The molecule has 2 N–H and O–H groups in total. The van der Waals surface area contributed by atoms with Gasteiger partial charge in [-0.3, -0.25) is 0 Å². The molecule has 12 heavy (non-hydrogen) atoms. The molecule has 1 aliphatic rings. The molecule has 1 aromatic carbocycles. The summed E-state index contributed by atoms with van der Waals surface area (Å²) in [7, 11) is 0. The number of benzene rings is 1. The van der Waals surface area contributed by atoms with Crippen LogP contribution in [0.5, 0.6) is 0 Å². The number of hydrogen-bond donors (Lipinski definition) is 1. The van der Waals surface area contributed by atoms with Crippen LogP contribution in [-0.2, 0) is 12.8 Å². The minimum Gasteiger partial charge on any atom is -0.320 e. The van der Waals surface area contributed by atoms with Crippen molar-refractivity contribution in [3.63, 3.8) is 0 Å². The van der Waals surface area contributed by atoms with E-state index in [0.717, 1.165) is 5.56 Å². The van der Waals surface area contributed by atoms with Crippen molar-refractivity contribution in [1.29, 1.82) is 0 Å². The van der Waals surface area contributed by atoms with Gasteiger partial charge in [-0.15, -0.1) is 0 Å². The van der Waals surface area contributed by atoms with Crippen molar-refractivity contribution >= 4 is 0 Å².